The van der Waals surface area contributed by atoms with E-state index in [2.05, 4.69) is 37.0 Å². The van der Waals surface area contributed by atoms with Gasteiger partial charge in [0.2, 0.25) is 0 Å². The zero-order chi connectivity index (χ0) is 10.8. The Balaban J connectivity index is 2.44. The number of hydrogen-bond acceptors (Lipinski definition) is 2. The molecule has 0 atom stereocenters. The molecule has 0 spiro atoms. The van der Waals surface area contributed by atoms with Crippen LogP contribution in [0, 0.1) is 0 Å². The summed E-state index contributed by atoms with van der Waals surface area (Å²) in [5.41, 5.74) is 7.39. The van der Waals surface area contributed by atoms with Gasteiger partial charge in [0.1, 0.15) is 0 Å². The van der Waals surface area contributed by atoms with Gasteiger partial charge < -0.3 is 5.73 Å². The van der Waals surface area contributed by atoms with Crippen LogP contribution in [0.2, 0.25) is 0 Å². The van der Waals surface area contributed by atoms with Crippen LogP contribution < -0.4 is 5.73 Å². The van der Waals surface area contributed by atoms with Gasteiger partial charge in [-0.3, -0.25) is 0 Å². The van der Waals surface area contributed by atoms with Gasteiger partial charge in [-0.15, -0.1) is 0 Å². The van der Waals surface area contributed by atoms with Crippen molar-refractivity contribution in [2.45, 2.75) is 6.54 Å². The van der Waals surface area contributed by atoms with Crippen molar-refractivity contribution >= 4 is 31.9 Å². The highest BCUT2D eigenvalue weighted by Gasteiger charge is 2.04. The van der Waals surface area contributed by atoms with E-state index in [1.807, 2.05) is 30.5 Å². The first-order chi connectivity index (χ1) is 7.20. The third-order valence-electron chi connectivity index (χ3n) is 2.01. The molecule has 0 radical (unpaired) electrons. The molecule has 1 aromatic heterocycles. The molecule has 2 rings (SSSR count). The summed E-state index contributed by atoms with van der Waals surface area (Å²) in [5.74, 6) is 0. The molecule has 0 bridgehead atoms. The molecule has 78 valence electrons. The normalized spacial score (nSPS) is 10.6. The molecule has 0 saturated heterocycles. The SMILES string of the molecule is NCc1ccn(-c2ccc(Br)cc2Br)n1. The number of aromatic nitrogens is 2. The lowest BCUT2D eigenvalue weighted by atomic mass is 10.3. The summed E-state index contributed by atoms with van der Waals surface area (Å²) in [6.07, 6.45) is 1.90. The highest BCUT2D eigenvalue weighted by atomic mass is 79.9. The second kappa shape index (κ2) is 4.47. The molecule has 3 nitrogen and oxygen atoms in total. The lowest BCUT2D eigenvalue weighted by molar-refractivity contribution is 0.830. The fourth-order valence-corrected chi connectivity index (χ4v) is 2.50. The number of benzene rings is 1. The molecule has 2 N–H and O–H groups in total. The molecular formula is C10H9Br2N3. The second-order valence-corrected chi connectivity index (χ2v) is 4.82. The summed E-state index contributed by atoms with van der Waals surface area (Å²) in [7, 11) is 0. The molecule has 15 heavy (non-hydrogen) atoms. The molecule has 2 aromatic rings. The van der Waals surface area contributed by atoms with Crippen LogP contribution in [0.15, 0.2) is 39.4 Å². The number of halogens is 2. The number of nitrogens with zero attached hydrogens (tertiary/aromatic N) is 2. The maximum atomic E-state index is 5.51. The van der Waals surface area contributed by atoms with Crippen LogP contribution in [0.25, 0.3) is 5.69 Å². The Labute approximate surface area is 105 Å². The van der Waals surface area contributed by atoms with E-state index < -0.39 is 0 Å². The molecule has 0 fully saturated rings. The fraction of sp³-hybridized carbons (Fsp3) is 0.100. The van der Waals surface area contributed by atoms with Crippen LogP contribution in [-0.2, 0) is 6.54 Å². The summed E-state index contributed by atoms with van der Waals surface area (Å²) in [6, 6.07) is 7.86. The summed E-state index contributed by atoms with van der Waals surface area (Å²) in [4.78, 5) is 0. The molecule has 0 unspecified atom stereocenters. The lowest BCUT2D eigenvalue weighted by Gasteiger charge is -2.04. The van der Waals surface area contributed by atoms with Crippen LogP contribution in [0.4, 0.5) is 0 Å². The van der Waals surface area contributed by atoms with Crippen molar-refractivity contribution in [3.8, 4) is 5.69 Å². The van der Waals surface area contributed by atoms with Gasteiger partial charge in [0.25, 0.3) is 0 Å². The first-order valence-electron chi connectivity index (χ1n) is 4.41. The van der Waals surface area contributed by atoms with Crippen LogP contribution in [0.1, 0.15) is 5.69 Å². The van der Waals surface area contributed by atoms with E-state index in [9.17, 15) is 0 Å². The molecule has 0 aliphatic heterocycles. The minimum absolute atomic E-state index is 0.459. The predicted molar refractivity (Wildman–Crippen MR) is 66.9 cm³/mol. The third kappa shape index (κ3) is 2.30. The van der Waals surface area contributed by atoms with Crippen molar-refractivity contribution in [2.75, 3.05) is 0 Å². The fourth-order valence-electron chi connectivity index (χ4n) is 1.27. The van der Waals surface area contributed by atoms with E-state index in [0.29, 0.717) is 6.54 Å². The first kappa shape index (κ1) is 10.9. The van der Waals surface area contributed by atoms with Crippen LogP contribution in [0.3, 0.4) is 0 Å². The van der Waals surface area contributed by atoms with Gasteiger partial charge >= 0.3 is 0 Å². The van der Waals surface area contributed by atoms with Crippen molar-refractivity contribution in [1.82, 2.24) is 9.78 Å². The summed E-state index contributed by atoms with van der Waals surface area (Å²) in [6.45, 7) is 0.459. The average molecular weight is 331 g/mol. The Morgan fingerprint density at radius 2 is 2.07 bits per heavy atom. The van der Waals surface area contributed by atoms with E-state index in [-0.39, 0.29) is 0 Å². The van der Waals surface area contributed by atoms with E-state index in [4.69, 9.17) is 5.73 Å². The Morgan fingerprint density at radius 1 is 1.27 bits per heavy atom. The Bertz CT molecular complexity index is 479. The van der Waals surface area contributed by atoms with E-state index in [1.54, 1.807) is 4.68 Å². The third-order valence-corrected chi connectivity index (χ3v) is 3.14. The summed E-state index contributed by atoms with van der Waals surface area (Å²) in [5, 5.41) is 4.34. The Kier molecular flexibility index (Phi) is 3.23. The largest absolute Gasteiger partial charge is 0.325 e. The predicted octanol–water partition coefficient (Wildman–Crippen LogP) is 2.86. The van der Waals surface area contributed by atoms with Crippen LogP contribution >= 0.6 is 31.9 Å². The van der Waals surface area contributed by atoms with E-state index >= 15 is 0 Å². The minimum Gasteiger partial charge on any atom is -0.325 e. The van der Waals surface area contributed by atoms with E-state index in [0.717, 1.165) is 20.3 Å². The number of rotatable bonds is 2. The van der Waals surface area contributed by atoms with Gasteiger partial charge in [0, 0.05) is 21.7 Å². The van der Waals surface area contributed by atoms with Gasteiger partial charge in [0.05, 0.1) is 11.4 Å². The van der Waals surface area contributed by atoms with Crippen molar-refractivity contribution in [3.63, 3.8) is 0 Å². The standard InChI is InChI=1S/C10H9Br2N3/c11-7-1-2-10(9(12)5-7)15-4-3-8(6-13)14-15/h1-5H,6,13H2. The number of nitrogens with two attached hydrogens (primary N) is 1. The maximum absolute atomic E-state index is 5.51. The van der Waals surface area contributed by atoms with Gasteiger partial charge in [-0.25, -0.2) is 4.68 Å². The lowest BCUT2D eigenvalue weighted by Crippen LogP contribution is -2.00. The molecule has 0 amide bonds. The van der Waals surface area contributed by atoms with Crippen molar-refractivity contribution in [3.05, 3.63) is 45.1 Å². The first-order valence-corrected chi connectivity index (χ1v) is 5.99. The second-order valence-electron chi connectivity index (χ2n) is 3.05. The molecule has 0 saturated carbocycles. The van der Waals surface area contributed by atoms with Crippen LogP contribution in [0.5, 0.6) is 0 Å². The molecular weight excluding hydrogens is 322 g/mol. The topological polar surface area (TPSA) is 43.8 Å². The minimum atomic E-state index is 0.459. The highest BCUT2D eigenvalue weighted by Crippen LogP contribution is 2.24. The summed E-state index contributed by atoms with van der Waals surface area (Å²) >= 11 is 6.90. The molecule has 1 heterocycles. The molecule has 0 aliphatic carbocycles. The van der Waals surface area contributed by atoms with Crippen molar-refractivity contribution in [1.29, 1.82) is 0 Å². The average Bonchev–Trinajstić information content (AvgIpc) is 2.66. The maximum Gasteiger partial charge on any atom is 0.0788 e. The molecule has 1 aromatic carbocycles. The van der Waals surface area contributed by atoms with E-state index in [1.165, 1.54) is 0 Å². The van der Waals surface area contributed by atoms with Gasteiger partial charge in [-0.1, -0.05) is 15.9 Å². The molecule has 0 aliphatic rings. The quantitative estimate of drug-likeness (QED) is 0.920. The monoisotopic (exact) mass is 329 g/mol. The van der Waals surface area contributed by atoms with Crippen molar-refractivity contribution < 1.29 is 0 Å². The van der Waals surface area contributed by atoms with Gasteiger partial charge in [-0.2, -0.15) is 5.10 Å². The van der Waals surface area contributed by atoms with Gasteiger partial charge in [-0.05, 0) is 40.2 Å². The number of hydrogen-bond donors (Lipinski definition) is 1. The smallest absolute Gasteiger partial charge is 0.0788 e. The highest BCUT2D eigenvalue weighted by molar-refractivity contribution is 9.11. The van der Waals surface area contributed by atoms with Crippen molar-refractivity contribution in [2.24, 2.45) is 5.73 Å². The zero-order valence-electron chi connectivity index (χ0n) is 7.82. The van der Waals surface area contributed by atoms with Gasteiger partial charge in [0.15, 0.2) is 0 Å². The molecule has 5 heteroatoms. The Morgan fingerprint density at radius 3 is 2.67 bits per heavy atom. The van der Waals surface area contributed by atoms with Crippen LogP contribution in [-0.4, -0.2) is 9.78 Å². The Hall–Kier alpha value is -0.650. The summed E-state index contributed by atoms with van der Waals surface area (Å²) < 4.78 is 3.83. The zero-order valence-corrected chi connectivity index (χ0v) is 11.0.